The molecule has 1 N–H and O–H groups in total. The van der Waals surface area contributed by atoms with Gasteiger partial charge in [-0.05, 0) is 49.6 Å². The lowest BCUT2D eigenvalue weighted by Gasteiger charge is -2.15. The van der Waals surface area contributed by atoms with E-state index in [9.17, 15) is 13.2 Å². The molecule has 3 aromatic rings. The third-order valence-corrected chi connectivity index (χ3v) is 8.31. The summed E-state index contributed by atoms with van der Waals surface area (Å²) in [4.78, 5) is 12.5. The number of aryl methyl sites for hydroxylation is 2. The maximum absolute atomic E-state index is 12.5. The smallest absolute Gasteiger partial charge is 0.230 e. The summed E-state index contributed by atoms with van der Waals surface area (Å²) in [5.41, 5.74) is 3.77. The number of nitrogens with one attached hydrogen (secondary N) is 1. The van der Waals surface area contributed by atoms with Crippen LogP contribution in [0.3, 0.4) is 0 Å². The standard InChI is InChI=1S/C22H23ClN4O3S2/c1-14-7-8-15(2)19(11-14)27-21(17-5-3-4-6-18(17)23)25-26-22(27)31-12-20(28)24-16-9-10-32(29,30)13-16/h3-8,11,16H,9-10,12-13H2,1-2H3,(H,24,28). The third-order valence-electron chi connectivity index (χ3n) is 5.28. The predicted molar refractivity (Wildman–Crippen MR) is 127 cm³/mol. The minimum atomic E-state index is -3.05. The number of hydrogen-bond acceptors (Lipinski definition) is 6. The van der Waals surface area contributed by atoms with E-state index in [1.54, 1.807) is 6.07 Å². The van der Waals surface area contributed by atoms with Crippen molar-refractivity contribution in [1.29, 1.82) is 0 Å². The maximum Gasteiger partial charge on any atom is 0.230 e. The first-order valence-corrected chi connectivity index (χ1v) is 13.3. The monoisotopic (exact) mass is 490 g/mol. The van der Waals surface area contributed by atoms with Crippen molar-refractivity contribution in [2.24, 2.45) is 0 Å². The van der Waals surface area contributed by atoms with Gasteiger partial charge in [0.05, 0.1) is 28.0 Å². The summed E-state index contributed by atoms with van der Waals surface area (Å²) >= 11 is 7.70. The Balaban J connectivity index is 1.63. The lowest BCUT2D eigenvalue weighted by molar-refractivity contribution is -0.119. The molecule has 10 heteroatoms. The fourth-order valence-corrected chi connectivity index (χ4v) is 6.32. The molecule has 0 radical (unpaired) electrons. The molecule has 1 aliphatic rings. The van der Waals surface area contributed by atoms with Crippen LogP contribution in [0, 0.1) is 13.8 Å². The average molecular weight is 491 g/mol. The van der Waals surface area contributed by atoms with Gasteiger partial charge in [0.15, 0.2) is 20.8 Å². The molecule has 4 rings (SSSR count). The quantitative estimate of drug-likeness (QED) is 0.530. The van der Waals surface area contributed by atoms with Gasteiger partial charge in [-0.2, -0.15) is 0 Å². The zero-order valence-electron chi connectivity index (χ0n) is 17.7. The molecule has 0 bridgehead atoms. The van der Waals surface area contributed by atoms with E-state index in [0.717, 1.165) is 22.4 Å². The number of amides is 1. The molecule has 1 aromatic heterocycles. The molecule has 1 unspecified atom stereocenters. The van der Waals surface area contributed by atoms with Crippen molar-refractivity contribution in [2.45, 2.75) is 31.5 Å². The van der Waals surface area contributed by atoms with Gasteiger partial charge in [0.2, 0.25) is 5.91 Å². The summed E-state index contributed by atoms with van der Waals surface area (Å²) in [7, 11) is -3.05. The highest BCUT2D eigenvalue weighted by atomic mass is 35.5. The number of carbonyl (C=O) groups is 1. The van der Waals surface area contributed by atoms with E-state index >= 15 is 0 Å². The number of thioether (sulfide) groups is 1. The van der Waals surface area contributed by atoms with Gasteiger partial charge in [0, 0.05) is 11.6 Å². The van der Waals surface area contributed by atoms with Crippen LogP contribution in [0.25, 0.3) is 17.1 Å². The molecule has 1 aliphatic heterocycles. The Hall–Kier alpha value is -2.36. The molecule has 2 heterocycles. The Morgan fingerprint density at radius 1 is 1.22 bits per heavy atom. The minimum Gasteiger partial charge on any atom is -0.352 e. The van der Waals surface area contributed by atoms with Crippen LogP contribution in [0.15, 0.2) is 47.6 Å². The average Bonchev–Trinajstić information content (AvgIpc) is 3.31. The van der Waals surface area contributed by atoms with Crippen LogP contribution in [-0.4, -0.2) is 52.4 Å². The van der Waals surface area contributed by atoms with Crippen LogP contribution in [0.1, 0.15) is 17.5 Å². The summed E-state index contributed by atoms with van der Waals surface area (Å²) in [6, 6.07) is 13.2. The van der Waals surface area contributed by atoms with Gasteiger partial charge >= 0.3 is 0 Å². The van der Waals surface area contributed by atoms with Gasteiger partial charge in [0.1, 0.15) is 0 Å². The molecule has 32 heavy (non-hydrogen) atoms. The predicted octanol–water partition coefficient (Wildman–Crippen LogP) is 3.60. The number of carbonyl (C=O) groups excluding carboxylic acids is 1. The second kappa shape index (κ2) is 9.25. The van der Waals surface area contributed by atoms with E-state index in [-0.39, 0.29) is 29.2 Å². The molecule has 0 spiro atoms. The van der Waals surface area contributed by atoms with Gasteiger partial charge in [-0.15, -0.1) is 10.2 Å². The largest absolute Gasteiger partial charge is 0.352 e. The Morgan fingerprint density at radius 3 is 2.72 bits per heavy atom. The van der Waals surface area contributed by atoms with Crippen molar-refractivity contribution in [2.75, 3.05) is 17.3 Å². The molecular formula is C22H23ClN4O3S2. The van der Waals surface area contributed by atoms with E-state index in [4.69, 9.17) is 11.6 Å². The van der Waals surface area contributed by atoms with E-state index in [0.29, 0.717) is 22.4 Å². The lowest BCUT2D eigenvalue weighted by atomic mass is 10.1. The lowest BCUT2D eigenvalue weighted by Crippen LogP contribution is -2.36. The van der Waals surface area contributed by atoms with Crippen molar-refractivity contribution in [3.05, 3.63) is 58.6 Å². The summed E-state index contributed by atoms with van der Waals surface area (Å²) < 4.78 is 25.2. The molecule has 2 aromatic carbocycles. The van der Waals surface area contributed by atoms with Crippen molar-refractivity contribution in [3.8, 4) is 17.1 Å². The molecule has 7 nitrogen and oxygen atoms in total. The van der Waals surface area contributed by atoms with Gasteiger partial charge < -0.3 is 5.32 Å². The minimum absolute atomic E-state index is 0.00126. The van der Waals surface area contributed by atoms with Gasteiger partial charge in [-0.25, -0.2) is 8.42 Å². The van der Waals surface area contributed by atoms with Gasteiger partial charge in [-0.1, -0.05) is 47.6 Å². The highest BCUT2D eigenvalue weighted by Crippen LogP contribution is 2.33. The summed E-state index contributed by atoms with van der Waals surface area (Å²) in [5, 5.41) is 12.7. The van der Waals surface area contributed by atoms with E-state index in [2.05, 4.69) is 15.5 Å². The molecule has 1 atom stereocenters. The van der Waals surface area contributed by atoms with Crippen molar-refractivity contribution in [1.82, 2.24) is 20.1 Å². The summed E-state index contributed by atoms with van der Waals surface area (Å²) in [6.07, 6.45) is 0.452. The Kier molecular flexibility index (Phi) is 6.60. The SMILES string of the molecule is Cc1ccc(C)c(-n2c(SCC(=O)NC3CCS(=O)(=O)C3)nnc2-c2ccccc2Cl)c1. The first kappa shape index (κ1) is 22.8. The molecule has 1 amide bonds. The van der Waals surface area contributed by atoms with Crippen LogP contribution in [0.2, 0.25) is 5.02 Å². The van der Waals surface area contributed by atoms with Crippen LogP contribution in [0.4, 0.5) is 0 Å². The molecular weight excluding hydrogens is 468 g/mol. The number of halogens is 1. The van der Waals surface area contributed by atoms with E-state index in [1.165, 1.54) is 11.8 Å². The third kappa shape index (κ3) is 5.00. The highest BCUT2D eigenvalue weighted by molar-refractivity contribution is 7.99. The van der Waals surface area contributed by atoms with Crippen LogP contribution in [-0.2, 0) is 14.6 Å². The summed E-state index contributed by atoms with van der Waals surface area (Å²) in [6.45, 7) is 4.02. The number of sulfone groups is 1. The maximum atomic E-state index is 12.5. The van der Waals surface area contributed by atoms with E-state index < -0.39 is 9.84 Å². The van der Waals surface area contributed by atoms with Crippen molar-refractivity contribution >= 4 is 39.1 Å². The van der Waals surface area contributed by atoms with Crippen molar-refractivity contribution < 1.29 is 13.2 Å². The Bertz CT molecular complexity index is 1270. The molecule has 0 aliphatic carbocycles. The molecule has 0 saturated carbocycles. The van der Waals surface area contributed by atoms with Gasteiger partial charge in [0.25, 0.3) is 0 Å². The number of hydrogen-bond donors (Lipinski definition) is 1. The fraction of sp³-hybridized carbons (Fsp3) is 0.318. The second-order valence-corrected chi connectivity index (χ2v) is 11.4. The topological polar surface area (TPSA) is 94.0 Å². The number of benzene rings is 2. The second-order valence-electron chi connectivity index (χ2n) is 7.87. The zero-order chi connectivity index (χ0) is 22.9. The fourth-order valence-electron chi connectivity index (χ4n) is 3.67. The number of nitrogens with zero attached hydrogens (tertiary/aromatic N) is 3. The first-order valence-electron chi connectivity index (χ1n) is 10.1. The highest BCUT2D eigenvalue weighted by Gasteiger charge is 2.29. The Morgan fingerprint density at radius 2 is 2.00 bits per heavy atom. The van der Waals surface area contributed by atoms with Gasteiger partial charge in [-0.3, -0.25) is 9.36 Å². The summed E-state index contributed by atoms with van der Waals surface area (Å²) in [5.74, 6) is 0.578. The normalized spacial score (nSPS) is 17.4. The van der Waals surface area contributed by atoms with Crippen molar-refractivity contribution in [3.63, 3.8) is 0 Å². The van der Waals surface area contributed by atoms with Crippen LogP contribution >= 0.6 is 23.4 Å². The Labute approximate surface area is 196 Å². The number of rotatable bonds is 6. The van der Waals surface area contributed by atoms with Crippen LogP contribution in [0.5, 0.6) is 0 Å². The first-order chi connectivity index (χ1) is 15.2. The molecule has 1 saturated heterocycles. The zero-order valence-corrected chi connectivity index (χ0v) is 20.1. The molecule has 168 valence electrons. The molecule has 1 fully saturated rings. The number of aromatic nitrogens is 3. The van der Waals surface area contributed by atoms with E-state index in [1.807, 2.05) is 54.8 Å². The van der Waals surface area contributed by atoms with Crippen LogP contribution < -0.4 is 5.32 Å².